The van der Waals surface area contributed by atoms with Crippen molar-refractivity contribution in [2.45, 2.75) is 19.9 Å². The Morgan fingerprint density at radius 1 is 1.65 bits per heavy atom. The average Bonchev–Trinajstić information content (AvgIpc) is 2.63. The van der Waals surface area contributed by atoms with E-state index in [0.717, 1.165) is 19.6 Å². The Kier molecular flexibility index (Phi) is 4.96. The number of amides is 1. The summed E-state index contributed by atoms with van der Waals surface area (Å²) in [6, 6.07) is 2.05. The largest absolute Gasteiger partial charge is 0.350 e. The van der Waals surface area contributed by atoms with Crippen molar-refractivity contribution < 1.29 is 4.79 Å². The summed E-state index contributed by atoms with van der Waals surface area (Å²) >= 11 is 0. The lowest BCUT2D eigenvalue weighted by Crippen LogP contribution is -2.48. The molecule has 1 saturated heterocycles. The summed E-state index contributed by atoms with van der Waals surface area (Å²) in [6.07, 6.45) is 1.84. The van der Waals surface area contributed by atoms with Gasteiger partial charge in [0.1, 0.15) is 5.69 Å². The summed E-state index contributed by atoms with van der Waals surface area (Å²) in [5.74, 6) is 0.502. The minimum absolute atomic E-state index is 0. The number of hydrogen-bond donors (Lipinski definition) is 2. The molecule has 2 N–H and O–H groups in total. The van der Waals surface area contributed by atoms with Crippen molar-refractivity contribution >= 4 is 18.3 Å². The van der Waals surface area contributed by atoms with Crippen LogP contribution in [-0.2, 0) is 0 Å². The highest BCUT2D eigenvalue weighted by molar-refractivity contribution is 5.92. The molecule has 0 saturated carbocycles. The smallest absolute Gasteiger partial charge is 0.271 e. The van der Waals surface area contributed by atoms with Crippen molar-refractivity contribution in [3.8, 4) is 0 Å². The van der Waals surface area contributed by atoms with Gasteiger partial charge in [-0.1, -0.05) is 0 Å². The van der Waals surface area contributed by atoms with Gasteiger partial charge in [-0.2, -0.15) is 5.10 Å². The number of halogens is 1. The van der Waals surface area contributed by atoms with Crippen LogP contribution in [0.2, 0.25) is 0 Å². The van der Waals surface area contributed by atoms with E-state index in [-0.39, 0.29) is 24.4 Å². The van der Waals surface area contributed by atoms with Gasteiger partial charge in [0.2, 0.25) is 0 Å². The highest BCUT2D eigenvalue weighted by Gasteiger charge is 2.18. The van der Waals surface area contributed by atoms with Gasteiger partial charge in [-0.3, -0.25) is 9.48 Å². The molecule has 0 aromatic carbocycles. The third-order valence-corrected chi connectivity index (χ3v) is 2.79. The van der Waals surface area contributed by atoms with Crippen LogP contribution in [-0.4, -0.2) is 35.3 Å². The first kappa shape index (κ1) is 14.0. The van der Waals surface area contributed by atoms with Gasteiger partial charge in [0.05, 0.1) is 0 Å². The van der Waals surface area contributed by atoms with Crippen LogP contribution in [0, 0.1) is 5.92 Å². The minimum atomic E-state index is -0.0775. The van der Waals surface area contributed by atoms with Gasteiger partial charge < -0.3 is 10.6 Å². The molecule has 17 heavy (non-hydrogen) atoms. The molecule has 6 heteroatoms. The molecule has 1 amide bonds. The molecule has 1 aliphatic rings. The number of rotatable bonds is 4. The Morgan fingerprint density at radius 2 is 2.35 bits per heavy atom. The second-order valence-corrected chi connectivity index (χ2v) is 4.51. The zero-order valence-corrected chi connectivity index (χ0v) is 11.0. The summed E-state index contributed by atoms with van der Waals surface area (Å²) in [5, 5.41) is 10.3. The van der Waals surface area contributed by atoms with E-state index >= 15 is 0 Å². The van der Waals surface area contributed by atoms with Crippen LogP contribution < -0.4 is 10.6 Å². The Balaban J connectivity index is 0.00000144. The molecular formula is C11H19ClN4O. The molecule has 0 unspecified atom stereocenters. The van der Waals surface area contributed by atoms with Gasteiger partial charge in [0.25, 0.3) is 5.91 Å². The predicted octanol–water partition coefficient (Wildman–Crippen LogP) is 0.835. The molecule has 96 valence electrons. The van der Waals surface area contributed by atoms with E-state index < -0.39 is 0 Å². The lowest BCUT2D eigenvalue weighted by Gasteiger charge is -2.26. The van der Waals surface area contributed by atoms with Crippen molar-refractivity contribution in [2.24, 2.45) is 5.92 Å². The Morgan fingerprint density at radius 3 is 2.82 bits per heavy atom. The topological polar surface area (TPSA) is 59.0 Å². The van der Waals surface area contributed by atoms with E-state index in [1.165, 1.54) is 0 Å². The molecule has 0 aliphatic carbocycles. The number of carbonyl (C=O) groups is 1. The molecule has 1 aromatic rings. The third-order valence-electron chi connectivity index (χ3n) is 2.79. The second kappa shape index (κ2) is 6.02. The van der Waals surface area contributed by atoms with E-state index in [9.17, 15) is 4.79 Å². The van der Waals surface area contributed by atoms with Gasteiger partial charge >= 0.3 is 0 Å². The fourth-order valence-electron chi connectivity index (χ4n) is 1.57. The maximum Gasteiger partial charge on any atom is 0.271 e. The molecule has 0 atom stereocenters. The van der Waals surface area contributed by atoms with Gasteiger partial charge in [-0.25, -0.2) is 0 Å². The highest BCUT2D eigenvalue weighted by Crippen LogP contribution is 2.05. The Labute approximate surface area is 107 Å². The van der Waals surface area contributed by atoms with Crippen molar-refractivity contribution in [2.75, 3.05) is 19.6 Å². The summed E-state index contributed by atoms with van der Waals surface area (Å²) in [7, 11) is 0. The summed E-state index contributed by atoms with van der Waals surface area (Å²) in [5.41, 5.74) is 0.501. The lowest BCUT2D eigenvalue weighted by molar-refractivity contribution is 0.0936. The van der Waals surface area contributed by atoms with Crippen LogP contribution in [0.3, 0.4) is 0 Å². The first-order valence-electron chi connectivity index (χ1n) is 5.71. The summed E-state index contributed by atoms with van der Waals surface area (Å²) in [4.78, 5) is 11.7. The quantitative estimate of drug-likeness (QED) is 0.841. The molecule has 0 spiro atoms. The normalized spacial score (nSPS) is 15.2. The van der Waals surface area contributed by atoms with Crippen molar-refractivity contribution in [3.63, 3.8) is 0 Å². The number of carbonyl (C=O) groups excluding carboxylic acids is 1. The SMILES string of the molecule is CC(C)n1ccc(C(=O)NCC2CNC2)n1.Cl. The molecule has 1 aromatic heterocycles. The fraction of sp³-hybridized carbons (Fsp3) is 0.636. The molecule has 2 rings (SSSR count). The van der Waals surface area contributed by atoms with Crippen LogP contribution in [0.5, 0.6) is 0 Å². The monoisotopic (exact) mass is 258 g/mol. The highest BCUT2D eigenvalue weighted by atomic mass is 35.5. The maximum atomic E-state index is 11.7. The van der Waals surface area contributed by atoms with Crippen LogP contribution in [0.4, 0.5) is 0 Å². The minimum Gasteiger partial charge on any atom is -0.350 e. The van der Waals surface area contributed by atoms with Gasteiger partial charge in [-0.15, -0.1) is 12.4 Å². The molecule has 5 nitrogen and oxygen atoms in total. The van der Waals surface area contributed by atoms with Crippen molar-refractivity contribution in [1.82, 2.24) is 20.4 Å². The van der Waals surface area contributed by atoms with Crippen molar-refractivity contribution in [3.05, 3.63) is 18.0 Å². The first-order chi connectivity index (χ1) is 7.66. The van der Waals surface area contributed by atoms with Crippen LogP contribution in [0.25, 0.3) is 0 Å². The fourth-order valence-corrected chi connectivity index (χ4v) is 1.57. The molecule has 0 radical (unpaired) electrons. The van der Waals surface area contributed by atoms with E-state index in [0.29, 0.717) is 11.6 Å². The lowest BCUT2D eigenvalue weighted by atomic mass is 10.0. The van der Waals surface area contributed by atoms with Crippen LogP contribution in [0.15, 0.2) is 12.3 Å². The zero-order valence-electron chi connectivity index (χ0n) is 10.1. The van der Waals surface area contributed by atoms with E-state index in [4.69, 9.17) is 0 Å². The summed E-state index contributed by atoms with van der Waals surface area (Å²) < 4.78 is 1.79. The first-order valence-corrected chi connectivity index (χ1v) is 5.71. The molecular weight excluding hydrogens is 240 g/mol. The van der Waals surface area contributed by atoms with Crippen LogP contribution >= 0.6 is 12.4 Å². The Hall–Kier alpha value is -1.07. The van der Waals surface area contributed by atoms with Gasteiger partial charge in [0.15, 0.2) is 0 Å². The van der Waals surface area contributed by atoms with E-state index in [2.05, 4.69) is 15.7 Å². The maximum absolute atomic E-state index is 11.7. The van der Waals surface area contributed by atoms with Gasteiger partial charge in [0, 0.05) is 37.8 Å². The molecule has 0 bridgehead atoms. The van der Waals surface area contributed by atoms with Crippen LogP contribution in [0.1, 0.15) is 30.4 Å². The predicted molar refractivity (Wildman–Crippen MR) is 68.6 cm³/mol. The van der Waals surface area contributed by atoms with Crippen molar-refractivity contribution in [1.29, 1.82) is 0 Å². The third kappa shape index (κ3) is 3.44. The summed E-state index contributed by atoms with van der Waals surface area (Å²) in [6.45, 7) is 6.81. The van der Waals surface area contributed by atoms with E-state index in [1.807, 2.05) is 20.0 Å². The standard InChI is InChI=1S/C11H18N4O.ClH/c1-8(2)15-4-3-10(14-15)11(16)13-7-9-5-12-6-9;/h3-4,8-9,12H,5-7H2,1-2H3,(H,13,16);1H. The molecule has 1 fully saturated rings. The number of nitrogens with zero attached hydrogens (tertiary/aromatic N) is 2. The number of nitrogens with one attached hydrogen (secondary N) is 2. The zero-order chi connectivity index (χ0) is 11.5. The Bertz CT molecular complexity index is 373. The number of aromatic nitrogens is 2. The average molecular weight is 259 g/mol. The number of hydrogen-bond acceptors (Lipinski definition) is 3. The second-order valence-electron chi connectivity index (χ2n) is 4.51. The van der Waals surface area contributed by atoms with Gasteiger partial charge in [-0.05, 0) is 19.9 Å². The van der Waals surface area contributed by atoms with E-state index in [1.54, 1.807) is 10.7 Å². The molecule has 2 heterocycles. The molecule has 1 aliphatic heterocycles.